The zero-order valence-electron chi connectivity index (χ0n) is 8.96. The minimum absolute atomic E-state index is 0.518. The smallest absolute Gasteiger partial charge is 0.143 e. The van der Waals surface area contributed by atoms with Gasteiger partial charge in [0, 0.05) is 24.1 Å². The highest BCUT2D eigenvalue weighted by Gasteiger charge is 2.31. The van der Waals surface area contributed by atoms with Crippen LogP contribution < -0.4 is 4.90 Å². The molecule has 0 aliphatic carbocycles. The lowest BCUT2D eigenvalue weighted by Crippen LogP contribution is -2.34. The Morgan fingerprint density at radius 3 is 3.00 bits per heavy atom. The molecule has 88 valence electrons. The maximum absolute atomic E-state index is 5.90. The van der Waals surface area contributed by atoms with E-state index in [9.17, 15) is 0 Å². The fraction of sp³-hybridized carbons (Fsp3) is 0.545. The van der Waals surface area contributed by atoms with Crippen LogP contribution >= 0.6 is 43.5 Å². The van der Waals surface area contributed by atoms with Crippen LogP contribution in [0.3, 0.4) is 0 Å². The van der Waals surface area contributed by atoms with Crippen LogP contribution in [0, 0.1) is 5.92 Å². The molecule has 1 aromatic rings. The summed E-state index contributed by atoms with van der Waals surface area (Å²) in [6.07, 6.45) is 2.92. The van der Waals surface area contributed by atoms with Gasteiger partial charge in [-0.2, -0.15) is 0 Å². The number of rotatable bonds is 2. The van der Waals surface area contributed by atoms with Crippen molar-refractivity contribution in [1.82, 2.24) is 4.98 Å². The average molecular weight is 368 g/mol. The van der Waals surface area contributed by atoms with Crippen LogP contribution in [-0.2, 0) is 0 Å². The van der Waals surface area contributed by atoms with Crippen molar-refractivity contribution >= 4 is 49.3 Å². The predicted octanol–water partition coefficient (Wildman–Crippen LogP) is 4.11. The molecule has 0 N–H and O–H groups in total. The third-order valence-corrected chi connectivity index (χ3v) is 4.55. The van der Waals surface area contributed by atoms with Crippen LogP contribution in [0.4, 0.5) is 5.82 Å². The topological polar surface area (TPSA) is 16.1 Å². The number of pyridine rings is 1. The normalized spacial score (nSPS) is 25.1. The number of hydrogen-bond donors (Lipinski definition) is 0. The molecule has 2 heterocycles. The van der Waals surface area contributed by atoms with Crippen LogP contribution in [0.1, 0.15) is 13.3 Å². The second kappa shape index (κ2) is 5.23. The van der Waals surface area contributed by atoms with E-state index in [1.54, 1.807) is 6.20 Å². The molecule has 0 bridgehead atoms. The first-order chi connectivity index (χ1) is 7.63. The van der Waals surface area contributed by atoms with Crippen molar-refractivity contribution in [3.63, 3.8) is 0 Å². The van der Waals surface area contributed by atoms with Gasteiger partial charge in [0.15, 0.2) is 0 Å². The second-order valence-electron chi connectivity index (χ2n) is 4.14. The Labute approximate surface area is 118 Å². The first kappa shape index (κ1) is 12.7. The Balaban J connectivity index is 2.30. The van der Waals surface area contributed by atoms with Crippen molar-refractivity contribution in [2.75, 3.05) is 16.8 Å². The molecule has 2 atom stereocenters. The summed E-state index contributed by atoms with van der Waals surface area (Å²) in [5, 5.41) is 1.64. The molecule has 0 spiro atoms. The van der Waals surface area contributed by atoms with Gasteiger partial charge in [0.2, 0.25) is 0 Å². The number of nitrogens with zero attached hydrogens (tertiary/aromatic N) is 2. The zero-order valence-corrected chi connectivity index (χ0v) is 12.9. The second-order valence-corrected chi connectivity index (χ2v) is 6.08. The molecule has 2 unspecified atom stereocenters. The fourth-order valence-electron chi connectivity index (χ4n) is 2.13. The number of aromatic nitrogens is 1. The minimum Gasteiger partial charge on any atom is -0.352 e. The largest absolute Gasteiger partial charge is 0.352 e. The van der Waals surface area contributed by atoms with Gasteiger partial charge in [-0.15, -0.1) is 0 Å². The molecule has 0 aromatic carbocycles. The van der Waals surface area contributed by atoms with Gasteiger partial charge in [0.1, 0.15) is 5.82 Å². The summed E-state index contributed by atoms with van der Waals surface area (Å²) in [5.74, 6) is 1.70. The molecule has 16 heavy (non-hydrogen) atoms. The molecule has 5 heteroatoms. The zero-order chi connectivity index (χ0) is 11.7. The lowest BCUT2D eigenvalue weighted by Gasteiger charge is -2.27. The molecule has 0 amide bonds. The molecule has 0 saturated carbocycles. The molecule has 2 rings (SSSR count). The quantitative estimate of drug-likeness (QED) is 0.731. The van der Waals surface area contributed by atoms with Crippen LogP contribution in [0.25, 0.3) is 0 Å². The molecule has 1 aliphatic rings. The average Bonchev–Trinajstić information content (AvgIpc) is 2.59. The number of hydrogen-bond acceptors (Lipinski definition) is 2. The maximum atomic E-state index is 5.90. The van der Waals surface area contributed by atoms with E-state index in [0.29, 0.717) is 17.0 Å². The lowest BCUT2D eigenvalue weighted by atomic mass is 10.1. The Kier molecular flexibility index (Phi) is 4.14. The van der Waals surface area contributed by atoms with Crippen molar-refractivity contribution in [3.05, 3.63) is 21.8 Å². The molecular weight excluding hydrogens is 355 g/mol. The van der Waals surface area contributed by atoms with Crippen molar-refractivity contribution in [2.24, 2.45) is 5.92 Å². The third-order valence-electron chi connectivity index (χ3n) is 3.10. The summed E-state index contributed by atoms with van der Waals surface area (Å²) in [6.45, 7) is 3.35. The maximum Gasteiger partial charge on any atom is 0.143 e. The van der Waals surface area contributed by atoms with Crippen molar-refractivity contribution in [2.45, 2.75) is 19.4 Å². The van der Waals surface area contributed by atoms with E-state index in [2.05, 4.69) is 48.7 Å². The van der Waals surface area contributed by atoms with Crippen LogP contribution in [-0.4, -0.2) is 22.9 Å². The Morgan fingerprint density at radius 2 is 2.38 bits per heavy atom. The highest BCUT2D eigenvalue weighted by molar-refractivity contribution is 9.10. The number of anilines is 1. The monoisotopic (exact) mass is 366 g/mol. The summed E-state index contributed by atoms with van der Waals surface area (Å²) in [5.41, 5.74) is 0. The summed E-state index contributed by atoms with van der Waals surface area (Å²) in [7, 11) is 0. The minimum atomic E-state index is 0.518. The first-order valence-electron chi connectivity index (χ1n) is 5.27. The Morgan fingerprint density at radius 1 is 1.62 bits per heavy atom. The van der Waals surface area contributed by atoms with Gasteiger partial charge < -0.3 is 4.90 Å². The van der Waals surface area contributed by atoms with E-state index in [4.69, 9.17) is 11.6 Å². The molecule has 1 aromatic heterocycles. The van der Waals surface area contributed by atoms with E-state index in [0.717, 1.165) is 22.2 Å². The van der Waals surface area contributed by atoms with E-state index < -0.39 is 0 Å². The van der Waals surface area contributed by atoms with Gasteiger partial charge in [0.25, 0.3) is 0 Å². The van der Waals surface area contributed by atoms with Crippen molar-refractivity contribution < 1.29 is 0 Å². The van der Waals surface area contributed by atoms with Gasteiger partial charge >= 0.3 is 0 Å². The summed E-state index contributed by atoms with van der Waals surface area (Å²) >= 11 is 13.0. The van der Waals surface area contributed by atoms with Crippen LogP contribution in [0.15, 0.2) is 16.7 Å². The number of halogens is 3. The van der Waals surface area contributed by atoms with E-state index >= 15 is 0 Å². The lowest BCUT2D eigenvalue weighted by molar-refractivity contribution is 0.552. The Hall–Kier alpha value is 0.200. The van der Waals surface area contributed by atoms with Gasteiger partial charge in [-0.05, 0) is 34.3 Å². The SMILES string of the molecule is CC1CCN(c2ncc(Cl)cc2Br)C1CBr. The van der Waals surface area contributed by atoms with Gasteiger partial charge in [-0.3, -0.25) is 0 Å². The van der Waals surface area contributed by atoms with Gasteiger partial charge in [-0.1, -0.05) is 34.5 Å². The molecule has 2 nitrogen and oxygen atoms in total. The standard InChI is InChI=1S/C11H13Br2ClN2/c1-7-2-3-16(10(7)5-12)11-9(13)4-8(14)6-15-11/h4,6-7,10H,2-3,5H2,1H3. The van der Waals surface area contributed by atoms with Gasteiger partial charge in [0.05, 0.1) is 9.50 Å². The van der Waals surface area contributed by atoms with Crippen LogP contribution in [0.2, 0.25) is 5.02 Å². The van der Waals surface area contributed by atoms with E-state index in [-0.39, 0.29) is 0 Å². The molecular formula is C11H13Br2ClN2. The molecule has 1 saturated heterocycles. The molecule has 1 fully saturated rings. The first-order valence-corrected chi connectivity index (χ1v) is 7.56. The highest BCUT2D eigenvalue weighted by Crippen LogP contribution is 2.34. The van der Waals surface area contributed by atoms with Crippen molar-refractivity contribution in [3.8, 4) is 0 Å². The van der Waals surface area contributed by atoms with Crippen LogP contribution in [0.5, 0.6) is 0 Å². The van der Waals surface area contributed by atoms with E-state index in [1.165, 1.54) is 6.42 Å². The summed E-state index contributed by atoms with van der Waals surface area (Å²) < 4.78 is 0.972. The summed E-state index contributed by atoms with van der Waals surface area (Å²) in [4.78, 5) is 6.77. The fourth-order valence-corrected chi connectivity index (χ4v) is 3.98. The third kappa shape index (κ3) is 2.39. The predicted molar refractivity (Wildman–Crippen MR) is 75.7 cm³/mol. The Bertz CT molecular complexity index is 386. The highest BCUT2D eigenvalue weighted by atomic mass is 79.9. The molecule has 0 radical (unpaired) electrons. The summed E-state index contributed by atoms with van der Waals surface area (Å²) in [6, 6.07) is 2.42. The van der Waals surface area contributed by atoms with Gasteiger partial charge in [-0.25, -0.2) is 4.98 Å². The molecule has 1 aliphatic heterocycles. The van der Waals surface area contributed by atoms with E-state index in [1.807, 2.05) is 6.07 Å². The van der Waals surface area contributed by atoms with Crippen molar-refractivity contribution in [1.29, 1.82) is 0 Å². The number of alkyl halides is 1.